The minimum absolute atomic E-state index is 0.0574. The summed E-state index contributed by atoms with van der Waals surface area (Å²) in [6, 6.07) is 4.09. The van der Waals surface area contributed by atoms with Gasteiger partial charge in [-0.25, -0.2) is 0 Å². The van der Waals surface area contributed by atoms with Gasteiger partial charge < -0.3 is 5.32 Å². The van der Waals surface area contributed by atoms with E-state index < -0.39 is 0 Å². The maximum atomic E-state index is 11.7. The summed E-state index contributed by atoms with van der Waals surface area (Å²) in [6.45, 7) is 4.23. The minimum Gasteiger partial charge on any atom is -0.344 e. The molecule has 0 spiro atoms. The normalized spacial score (nSPS) is 13.7. The first-order valence-electron chi connectivity index (χ1n) is 5.69. The number of thiophene rings is 1. The zero-order valence-electron chi connectivity index (χ0n) is 10.2. The number of nitrogens with one attached hydrogen (secondary N) is 2. The van der Waals surface area contributed by atoms with E-state index in [9.17, 15) is 4.79 Å². The second-order valence-electron chi connectivity index (χ2n) is 3.79. The Morgan fingerprint density at radius 1 is 1.65 bits per heavy atom. The van der Waals surface area contributed by atoms with Crippen LogP contribution in [0.2, 0.25) is 0 Å². The molecule has 0 aliphatic carbocycles. The molecule has 4 heteroatoms. The monoisotopic (exact) mass is 250 g/mol. The molecule has 0 fully saturated rings. The lowest BCUT2D eigenvalue weighted by molar-refractivity contribution is -0.122. The van der Waals surface area contributed by atoms with Gasteiger partial charge in [0.05, 0.1) is 12.6 Å². The Kier molecular flexibility index (Phi) is 5.75. The van der Waals surface area contributed by atoms with E-state index in [0.29, 0.717) is 0 Å². The zero-order valence-corrected chi connectivity index (χ0v) is 11.0. The van der Waals surface area contributed by atoms with Gasteiger partial charge in [-0.05, 0) is 24.8 Å². The summed E-state index contributed by atoms with van der Waals surface area (Å²) in [4.78, 5) is 12.9. The summed E-state index contributed by atoms with van der Waals surface area (Å²) < 4.78 is 0. The number of terminal acetylenes is 1. The lowest BCUT2D eigenvalue weighted by atomic mass is 10.1. The van der Waals surface area contributed by atoms with Gasteiger partial charge in [0.25, 0.3) is 0 Å². The summed E-state index contributed by atoms with van der Waals surface area (Å²) in [7, 11) is 0. The Bertz CT molecular complexity index is 381. The second kappa shape index (κ2) is 7.10. The van der Waals surface area contributed by atoms with E-state index in [0.717, 1.165) is 6.42 Å². The van der Waals surface area contributed by atoms with Crippen molar-refractivity contribution in [2.24, 2.45) is 0 Å². The van der Waals surface area contributed by atoms with E-state index in [4.69, 9.17) is 6.42 Å². The van der Waals surface area contributed by atoms with Gasteiger partial charge in [-0.15, -0.1) is 17.8 Å². The topological polar surface area (TPSA) is 41.1 Å². The van der Waals surface area contributed by atoms with Crippen molar-refractivity contribution in [3.8, 4) is 12.3 Å². The van der Waals surface area contributed by atoms with Crippen LogP contribution in [0, 0.1) is 12.3 Å². The molecule has 0 aromatic carbocycles. The molecule has 0 radical (unpaired) electrons. The molecular weight excluding hydrogens is 232 g/mol. The highest BCUT2D eigenvalue weighted by Gasteiger charge is 2.17. The molecule has 92 valence electrons. The number of hydrogen-bond acceptors (Lipinski definition) is 3. The molecule has 0 bridgehead atoms. The Labute approximate surface area is 107 Å². The van der Waals surface area contributed by atoms with Gasteiger partial charge in [-0.2, -0.15) is 0 Å². The average Bonchev–Trinajstić information content (AvgIpc) is 2.86. The van der Waals surface area contributed by atoms with Crippen LogP contribution in [0.5, 0.6) is 0 Å². The number of carbonyl (C=O) groups excluding carboxylic acids is 1. The van der Waals surface area contributed by atoms with Crippen molar-refractivity contribution in [1.82, 2.24) is 10.6 Å². The van der Waals surface area contributed by atoms with Gasteiger partial charge >= 0.3 is 0 Å². The first-order chi connectivity index (χ1) is 8.19. The summed E-state index contributed by atoms with van der Waals surface area (Å²) in [6.07, 6.45) is 6.05. The van der Waals surface area contributed by atoms with Crippen molar-refractivity contribution >= 4 is 17.2 Å². The molecule has 1 heterocycles. The maximum absolute atomic E-state index is 11.7. The number of carbonyl (C=O) groups is 1. The molecule has 2 atom stereocenters. The van der Waals surface area contributed by atoms with Crippen molar-refractivity contribution in [3.05, 3.63) is 22.4 Å². The third-order valence-corrected chi connectivity index (χ3v) is 3.49. The van der Waals surface area contributed by atoms with Crippen LogP contribution in [0.1, 0.15) is 31.2 Å². The number of rotatable bonds is 6. The largest absolute Gasteiger partial charge is 0.344 e. The Morgan fingerprint density at radius 2 is 2.41 bits per heavy atom. The fraction of sp³-hybridized carbons (Fsp3) is 0.462. The van der Waals surface area contributed by atoms with Gasteiger partial charge in [-0.1, -0.05) is 18.9 Å². The average molecular weight is 250 g/mol. The Morgan fingerprint density at radius 3 is 2.94 bits per heavy atom. The zero-order chi connectivity index (χ0) is 12.7. The second-order valence-corrected chi connectivity index (χ2v) is 4.77. The molecule has 2 unspecified atom stereocenters. The van der Waals surface area contributed by atoms with E-state index in [1.807, 2.05) is 18.4 Å². The predicted octanol–water partition coefficient (Wildman–Crippen LogP) is 1.93. The number of amides is 1. The molecule has 0 saturated heterocycles. The molecule has 2 N–H and O–H groups in total. The van der Waals surface area contributed by atoms with Gasteiger partial charge in [0.2, 0.25) is 5.91 Å². The van der Waals surface area contributed by atoms with Crippen LogP contribution in [-0.2, 0) is 4.79 Å². The predicted molar refractivity (Wildman–Crippen MR) is 71.8 cm³/mol. The Balaban J connectivity index is 2.51. The summed E-state index contributed by atoms with van der Waals surface area (Å²) in [5.41, 5.74) is 0. The van der Waals surface area contributed by atoms with Crippen molar-refractivity contribution in [3.63, 3.8) is 0 Å². The molecule has 0 aliphatic heterocycles. The minimum atomic E-state index is -0.240. The summed E-state index contributed by atoms with van der Waals surface area (Å²) in [5, 5.41) is 8.02. The molecule has 1 aromatic rings. The van der Waals surface area contributed by atoms with Crippen molar-refractivity contribution in [2.75, 3.05) is 6.54 Å². The molecule has 0 aliphatic rings. The van der Waals surface area contributed by atoms with Crippen LogP contribution in [0.3, 0.4) is 0 Å². The van der Waals surface area contributed by atoms with Gasteiger partial charge in [0.15, 0.2) is 0 Å². The smallest absolute Gasteiger partial charge is 0.237 e. The molecule has 1 rings (SSSR count). The van der Waals surface area contributed by atoms with Gasteiger partial charge in [-0.3, -0.25) is 10.1 Å². The first kappa shape index (κ1) is 13.8. The van der Waals surface area contributed by atoms with Gasteiger partial charge in [0.1, 0.15) is 0 Å². The molecule has 17 heavy (non-hydrogen) atoms. The van der Waals surface area contributed by atoms with Gasteiger partial charge in [0, 0.05) is 10.9 Å². The SMILES string of the molecule is C#CCNC(=O)C(C)NC(CC)c1cccs1. The molecule has 0 saturated carbocycles. The van der Waals surface area contributed by atoms with Crippen molar-refractivity contribution in [2.45, 2.75) is 32.4 Å². The fourth-order valence-electron chi connectivity index (χ4n) is 1.56. The van der Waals surface area contributed by atoms with E-state index in [2.05, 4.69) is 29.5 Å². The van der Waals surface area contributed by atoms with Crippen molar-refractivity contribution < 1.29 is 4.79 Å². The third-order valence-electron chi connectivity index (χ3n) is 2.50. The maximum Gasteiger partial charge on any atom is 0.237 e. The van der Waals surface area contributed by atoms with Crippen LogP contribution in [0.25, 0.3) is 0 Å². The molecule has 3 nitrogen and oxygen atoms in total. The lowest BCUT2D eigenvalue weighted by Crippen LogP contribution is -2.43. The van der Waals surface area contributed by atoms with Crippen LogP contribution in [0.4, 0.5) is 0 Å². The molecular formula is C13H18N2OS. The standard InChI is InChI=1S/C13H18N2OS/c1-4-8-14-13(16)10(3)15-11(5-2)12-7-6-9-17-12/h1,6-7,9-11,15H,5,8H2,2-3H3,(H,14,16). The van der Waals surface area contributed by atoms with Crippen LogP contribution < -0.4 is 10.6 Å². The molecule has 1 amide bonds. The van der Waals surface area contributed by atoms with Crippen LogP contribution >= 0.6 is 11.3 Å². The number of hydrogen-bond donors (Lipinski definition) is 2. The van der Waals surface area contributed by atoms with E-state index in [1.165, 1.54) is 4.88 Å². The van der Waals surface area contributed by atoms with E-state index >= 15 is 0 Å². The highest BCUT2D eigenvalue weighted by atomic mass is 32.1. The fourth-order valence-corrected chi connectivity index (χ4v) is 2.43. The lowest BCUT2D eigenvalue weighted by Gasteiger charge is -2.20. The van der Waals surface area contributed by atoms with Crippen LogP contribution in [0.15, 0.2) is 17.5 Å². The summed E-state index contributed by atoms with van der Waals surface area (Å²) >= 11 is 1.70. The highest BCUT2D eigenvalue weighted by Crippen LogP contribution is 2.21. The van der Waals surface area contributed by atoms with Crippen LogP contribution in [-0.4, -0.2) is 18.5 Å². The molecule has 1 aromatic heterocycles. The summed E-state index contributed by atoms with van der Waals surface area (Å²) in [5.74, 6) is 2.33. The van der Waals surface area contributed by atoms with E-state index in [-0.39, 0.29) is 24.5 Å². The van der Waals surface area contributed by atoms with E-state index in [1.54, 1.807) is 11.3 Å². The third kappa shape index (κ3) is 4.22. The quantitative estimate of drug-likeness (QED) is 0.757. The highest BCUT2D eigenvalue weighted by molar-refractivity contribution is 7.10. The Hall–Kier alpha value is -1.31. The first-order valence-corrected chi connectivity index (χ1v) is 6.57. The van der Waals surface area contributed by atoms with Crippen molar-refractivity contribution in [1.29, 1.82) is 0 Å².